The Balaban J connectivity index is 2.15. The summed E-state index contributed by atoms with van der Waals surface area (Å²) >= 11 is 3.33. The fourth-order valence-corrected chi connectivity index (χ4v) is 1.36. The van der Waals surface area contributed by atoms with Gasteiger partial charge in [0.1, 0.15) is 0 Å². The molecule has 0 unspecified atom stereocenters. The Morgan fingerprint density at radius 1 is 1.07 bits per heavy atom. The molecule has 0 fully saturated rings. The second kappa shape index (κ2) is 4.84. The van der Waals surface area contributed by atoms with Crippen LogP contribution in [0.15, 0.2) is 58.1 Å². The fraction of sp³-hybridized carbons (Fsp3) is 0. The van der Waals surface area contributed by atoms with Gasteiger partial charge in [-0.25, -0.2) is 9.98 Å². The summed E-state index contributed by atoms with van der Waals surface area (Å²) in [5, 5.41) is 0. The van der Waals surface area contributed by atoms with Crippen LogP contribution in [0.2, 0.25) is 0 Å². The minimum absolute atomic E-state index is 0.710. The maximum atomic E-state index is 4.26. The number of aromatic nitrogens is 1. The molecule has 0 atom stereocenters. The Labute approximate surface area is 96.8 Å². The SMILES string of the molecule is Brc1ccc(N=Cc2ccccc2)nc1. The van der Waals surface area contributed by atoms with Crippen LogP contribution in [0.3, 0.4) is 0 Å². The van der Waals surface area contributed by atoms with E-state index >= 15 is 0 Å². The first-order valence-corrected chi connectivity index (χ1v) is 5.34. The van der Waals surface area contributed by atoms with Crippen molar-refractivity contribution in [2.45, 2.75) is 0 Å². The van der Waals surface area contributed by atoms with E-state index in [1.54, 1.807) is 12.4 Å². The average molecular weight is 261 g/mol. The molecule has 2 aromatic rings. The maximum Gasteiger partial charge on any atom is 0.151 e. The first kappa shape index (κ1) is 10.1. The molecule has 2 nitrogen and oxygen atoms in total. The van der Waals surface area contributed by atoms with Crippen molar-refractivity contribution in [3.05, 3.63) is 58.7 Å². The van der Waals surface area contributed by atoms with Gasteiger partial charge in [0.2, 0.25) is 0 Å². The van der Waals surface area contributed by atoms with Gasteiger partial charge in [-0.3, -0.25) is 0 Å². The van der Waals surface area contributed by atoms with E-state index < -0.39 is 0 Å². The number of halogens is 1. The number of rotatable bonds is 2. The van der Waals surface area contributed by atoms with Crippen molar-refractivity contribution in [2.75, 3.05) is 0 Å². The topological polar surface area (TPSA) is 25.2 Å². The highest BCUT2D eigenvalue weighted by Crippen LogP contribution is 2.12. The van der Waals surface area contributed by atoms with Crippen molar-refractivity contribution >= 4 is 28.0 Å². The molecule has 1 aromatic heterocycles. The Kier molecular flexibility index (Phi) is 3.25. The van der Waals surface area contributed by atoms with E-state index in [4.69, 9.17) is 0 Å². The zero-order chi connectivity index (χ0) is 10.5. The second-order valence-electron chi connectivity index (χ2n) is 3.00. The molecule has 0 bridgehead atoms. The monoisotopic (exact) mass is 260 g/mol. The van der Waals surface area contributed by atoms with Crippen LogP contribution in [0.1, 0.15) is 5.56 Å². The van der Waals surface area contributed by atoms with E-state index in [2.05, 4.69) is 25.9 Å². The number of aliphatic imine (C=N–C) groups is 1. The molecule has 0 aliphatic rings. The van der Waals surface area contributed by atoms with Crippen LogP contribution in [0.4, 0.5) is 5.82 Å². The first-order chi connectivity index (χ1) is 7.34. The molecule has 0 spiro atoms. The van der Waals surface area contributed by atoms with E-state index in [1.807, 2.05) is 42.5 Å². The summed E-state index contributed by atoms with van der Waals surface area (Å²) in [6.45, 7) is 0. The molecule has 0 amide bonds. The normalized spacial score (nSPS) is 10.7. The first-order valence-electron chi connectivity index (χ1n) is 4.55. The Morgan fingerprint density at radius 3 is 2.53 bits per heavy atom. The van der Waals surface area contributed by atoms with Gasteiger partial charge in [-0.1, -0.05) is 30.3 Å². The van der Waals surface area contributed by atoms with E-state index in [9.17, 15) is 0 Å². The number of benzene rings is 1. The lowest BCUT2D eigenvalue weighted by Crippen LogP contribution is -1.79. The number of hydrogen-bond donors (Lipinski definition) is 0. The van der Waals surface area contributed by atoms with Crippen molar-refractivity contribution in [1.82, 2.24) is 4.98 Å². The van der Waals surface area contributed by atoms with E-state index in [0.29, 0.717) is 5.82 Å². The molecule has 0 N–H and O–H groups in total. The minimum Gasteiger partial charge on any atom is -0.237 e. The molecule has 0 aliphatic heterocycles. The van der Waals surface area contributed by atoms with Gasteiger partial charge in [-0.15, -0.1) is 0 Å². The van der Waals surface area contributed by atoms with Crippen LogP contribution < -0.4 is 0 Å². The molecular weight excluding hydrogens is 252 g/mol. The van der Waals surface area contributed by atoms with E-state index in [0.717, 1.165) is 10.0 Å². The van der Waals surface area contributed by atoms with Crippen LogP contribution in [-0.2, 0) is 0 Å². The molecule has 0 saturated heterocycles. The predicted molar refractivity (Wildman–Crippen MR) is 65.6 cm³/mol. The third kappa shape index (κ3) is 2.99. The number of hydrogen-bond acceptors (Lipinski definition) is 2. The zero-order valence-electron chi connectivity index (χ0n) is 7.97. The summed E-state index contributed by atoms with van der Waals surface area (Å²) in [4.78, 5) is 8.41. The molecule has 0 saturated carbocycles. The summed E-state index contributed by atoms with van der Waals surface area (Å²) < 4.78 is 0.959. The van der Waals surface area contributed by atoms with E-state index in [1.165, 1.54) is 0 Å². The van der Waals surface area contributed by atoms with Gasteiger partial charge in [0, 0.05) is 16.9 Å². The quantitative estimate of drug-likeness (QED) is 0.758. The lowest BCUT2D eigenvalue weighted by molar-refractivity contribution is 1.26. The molecule has 15 heavy (non-hydrogen) atoms. The number of nitrogens with zero attached hydrogens (tertiary/aromatic N) is 2. The van der Waals surface area contributed by atoms with Gasteiger partial charge < -0.3 is 0 Å². The Bertz CT molecular complexity index is 449. The third-order valence-corrected chi connectivity index (χ3v) is 2.33. The van der Waals surface area contributed by atoms with E-state index in [-0.39, 0.29) is 0 Å². The van der Waals surface area contributed by atoms with Crippen molar-refractivity contribution in [3.63, 3.8) is 0 Å². The smallest absolute Gasteiger partial charge is 0.151 e. The summed E-state index contributed by atoms with van der Waals surface area (Å²) in [7, 11) is 0. The van der Waals surface area contributed by atoms with Gasteiger partial charge in [-0.05, 0) is 33.6 Å². The van der Waals surface area contributed by atoms with Gasteiger partial charge in [0.25, 0.3) is 0 Å². The van der Waals surface area contributed by atoms with Crippen LogP contribution >= 0.6 is 15.9 Å². The fourth-order valence-electron chi connectivity index (χ4n) is 1.12. The van der Waals surface area contributed by atoms with Crippen molar-refractivity contribution < 1.29 is 0 Å². The number of pyridine rings is 1. The van der Waals surface area contributed by atoms with Crippen LogP contribution in [0, 0.1) is 0 Å². The van der Waals surface area contributed by atoms with Gasteiger partial charge in [0.05, 0.1) is 0 Å². The zero-order valence-corrected chi connectivity index (χ0v) is 9.55. The predicted octanol–water partition coefficient (Wildman–Crippen LogP) is 3.59. The summed E-state index contributed by atoms with van der Waals surface area (Å²) in [6.07, 6.45) is 3.54. The second-order valence-corrected chi connectivity index (χ2v) is 3.92. The largest absolute Gasteiger partial charge is 0.237 e. The van der Waals surface area contributed by atoms with Gasteiger partial charge in [0.15, 0.2) is 5.82 Å². The molecule has 2 rings (SSSR count). The molecule has 1 heterocycles. The van der Waals surface area contributed by atoms with Gasteiger partial charge >= 0.3 is 0 Å². The van der Waals surface area contributed by atoms with Crippen LogP contribution in [0.5, 0.6) is 0 Å². The van der Waals surface area contributed by atoms with Crippen molar-refractivity contribution in [2.24, 2.45) is 4.99 Å². The summed E-state index contributed by atoms with van der Waals surface area (Å²) in [6, 6.07) is 13.7. The Hall–Kier alpha value is -1.48. The lowest BCUT2D eigenvalue weighted by atomic mass is 10.2. The molecular formula is C12H9BrN2. The van der Waals surface area contributed by atoms with Gasteiger partial charge in [-0.2, -0.15) is 0 Å². The highest BCUT2D eigenvalue weighted by atomic mass is 79.9. The van der Waals surface area contributed by atoms with Crippen LogP contribution in [0.25, 0.3) is 0 Å². The third-order valence-electron chi connectivity index (χ3n) is 1.86. The van der Waals surface area contributed by atoms with Crippen molar-refractivity contribution in [3.8, 4) is 0 Å². The maximum absolute atomic E-state index is 4.26. The molecule has 0 radical (unpaired) electrons. The lowest BCUT2D eigenvalue weighted by Gasteiger charge is -1.93. The van der Waals surface area contributed by atoms with Crippen molar-refractivity contribution in [1.29, 1.82) is 0 Å². The Morgan fingerprint density at radius 2 is 1.87 bits per heavy atom. The van der Waals surface area contributed by atoms with Crippen LogP contribution in [-0.4, -0.2) is 11.2 Å². The molecule has 0 aliphatic carbocycles. The minimum atomic E-state index is 0.710. The summed E-state index contributed by atoms with van der Waals surface area (Å²) in [5.74, 6) is 0.710. The molecule has 3 heteroatoms. The summed E-state index contributed by atoms with van der Waals surface area (Å²) in [5.41, 5.74) is 1.07. The average Bonchev–Trinajstić information content (AvgIpc) is 2.30. The molecule has 1 aromatic carbocycles. The standard InChI is InChI=1S/C12H9BrN2/c13-11-6-7-12(15-9-11)14-8-10-4-2-1-3-5-10/h1-9H. The highest BCUT2D eigenvalue weighted by molar-refractivity contribution is 9.10. The molecule has 74 valence electrons. The highest BCUT2D eigenvalue weighted by Gasteiger charge is 1.90.